The molecule has 1 unspecified atom stereocenters. The van der Waals surface area contributed by atoms with Crippen LogP contribution in [0.4, 0.5) is 0 Å². The van der Waals surface area contributed by atoms with Crippen molar-refractivity contribution >= 4 is 12.0 Å². The minimum absolute atomic E-state index is 0.0288. The maximum Gasteiger partial charge on any atom is 0.331 e. The molecule has 2 aliphatic heterocycles. The number of methoxy groups -OCH3 is 1. The molecule has 36 heavy (non-hydrogen) atoms. The zero-order chi connectivity index (χ0) is 25.9. The summed E-state index contributed by atoms with van der Waals surface area (Å²) >= 11 is 0. The molecule has 0 amide bonds. The van der Waals surface area contributed by atoms with Crippen LogP contribution in [-0.2, 0) is 30.2 Å². The quantitative estimate of drug-likeness (QED) is 0.189. The highest BCUT2D eigenvalue weighted by Gasteiger charge is 2.72. The summed E-state index contributed by atoms with van der Waals surface area (Å²) in [6.07, 6.45) is 9.75. The molecule has 6 heteroatoms. The second kappa shape index (κ2) is 11.2. The SMILES string of the molecule is CO[C@@H]1[C@H](OC(=O)C=Cc2ccc(CCCN(C)C)cc2)CCC2(CO2)[C@H]1[C@@]1(C)O[C@@H]1CC=C(C)C. The van der Waals surface area contributed by atoms with Crippen molar-refractivity contribution in [1.29, 1.82) is 0 Å². The van der Waals surface area contributed by atoms with E-state index >= 15 is 0 Å². The molecular formula is C30H43NO5. The largest absolute Gasteiger partial charge is 0.456 e. The van der Waals surface area contributed by atoms with Gasteiger partial charge in [-0.3, -0.25) is 0 Å². The molecule has 2 heterocycles. The third-order valence-electron chi connectivity index (χ3n) is 7.97. The van der Waals surface area contributed by atoms with Crippen LogP contribution in [0.1, 0.15) is 57.6 Å². The Hall–Kier alpha value is -1.99. The van der Waals surface area contributed by atoms with Crippen LogP contribution in [0.5, 0.6) is 0 Å². The summed E-state index contributed by atoms with van der Waals surface area (Å²) in [6.45, 7) is 8.16. The molecule has 6 atom stereocenters. The van der Waals surface area contributed by atoms with Crippen LogP contribution in [0.2, 0.25) is 0 Å². The van der Waals surface area contributed by atoms with Gasteiger partial charge < -0.3 is 23.8 Å². The highest BCUT2D eigenvalue weighted by atomic mass is 16.6. The zero-order valence-corrected chi connectivity index (χ0v) is 22.8. The lowest BCUT2D eigenvalue weighted by molar-refractivity contribution is -0.166. The summed E-state index contributed by atoms with van der Waals surface area (Å²) in [5, 5.41) is 0. The van der Waals surface area contributed by atoms with Gasteiger partial charge in [0.05, 0.1) is 18.6 Å². The molecule has 2 saturated heterocycles. The Morgan fingerprint density at radius 3 is 2.56 bits per heavy atom. The van der Waals surface area contributed by atoms with Gasteiger partial charge in [-0.2, -0.15) is 0 Å². The van der Waals surface area contributed by atoms with Crippen LogP contribution in [-0.4, -0.2) is 74.7 Å². The van der Waals surface area contributed by atoms with Crippen molar-refractivity contribution in [2.45, 2.75) is 82.4 Å². The van der Waals surface area contributed by atoms with Gasteiger partial charge in [-0.25, -0.2) is 4.79 Å². The lowest BCUT2D eigenvalue weighted by Gasteiger charge is -2.42. The molecule has 3 fully saturated rings. The van der Waals surface area contributed by atoms with E-state index in [0.717, 1.165) is 50.8 Å². The molecular weight excluding hydrogens is 454 g/mol. The zero-order valence-electron chi connectivity index (χ0n) is 22.8. The Morgan fingerprint density at radius 1 is 1.22 bits per heavy atom. The van der Waals surface area contributed by atoms with E-state index in [-0.39, 0.29) is 41.4 Å². The predicted molar refractivity (Wildman–Crippen MR) is 142 cm³/mol. The van der Waals surface area contributed by atoms with Gasteiger partial charge in [0, 0.05) is 13.2 Å². The molecule has 1 aliphatic carbocycles. The number of epoxide rings is 2. The first kappa shape index (κ1) is 27.1. The Labute approximate surface area is 216 Å². The minimum Gasteiger partial charge on any atom is -0.456 e. The van der Waals surface area contributed by atoms with Crippen LogP contribution in [0.25, 0.3) is 6.08 Å². The number of esters is 1. The number of benzene rings is 1. The van der Waals surface area contributed by atoms with Crippen LogP contribution >= 0.6 is 0 Å². The third kappa shape index (κ3) is 6.28. The third-order valence-corrected chi connectivity index (χ3v) is 7.97. The summed E-state index contributed by atoms with van der Waals surface area (Å²) in [7, 11) is 5.89. The molecule has 3 aliphatic rings. The van der Waals surface area contributed by atoms with Crippen molar-refractivity contribution in [3.63, 3.8) is 0 Å². The van der Waals surface area contributed by atoms with E-state index in [1.165, 1.54) is 17.2 Å². The van der Waals surface area contributed by atoms with E-state index in [9.17, 15) is 4.79 Å². The standard InChI is InChI=1S/C30H43NO5/c1-21(2)9-15-25-29(3,36-25)28-27(33-6)24(17-18-30(28)20-34-30)35-26(32)16-14-23-12-10-22(11-13-23)8-7-19-31(4)5/h9-14,16,24-25,27-28H,7-8,15,17-20H2,1-6H3/t24-,25-,27-,28-,29+,30?/m1/s1. The van der Waals surface area contributed by atoms with Crippen molar-refractivity contribution in [1.82, 2.24) is 4.90 Å². The molecule has 6 nitrogen and oxygen atoms in total. The number of carbonyl (C=O) groups is 1. The summed E-state index contributed by atoms with van der Waals surface area (Å²) in [5.41, 5.74) is 3.03. The fourth-order valence-corrected chi connectivity index (χ4v) is 5.82. The fourth-order valence-electron chi connectivity index (χ4n) is 5.82. The van der Waals surface area contributed by atoms with Crippen molar-refractivity contribution in [2.75, 3.05) is 34.4 Å². The van der Waals surface area contributed by atoms with Gasteiger partial charge >= 0.3 is 5.97 Å². The average molecular weight is 498 g/mol. The lowest BCUT2D eigenvalue weighted by atomic mass is 9.68. The van der Waals surface area contributed by atoms with Gasteiger partial charge in [-0.15, -0.1) is 0 Å². The summed E-state index contributed by atoms with van der Waals surface area (Å²) in [6, 6.07) is 8.36. The maximum absolute atomic E-state index is 12.8. The fraction of sp³-hybridized carbons (Fsp3) is 0.633. The van der Waals surface area contributed by atoms with E-state index < -0.39 is 0 Å². The highest BCUT2D eigenvalue weighted by Crippen LogP contribution is 2.59. The van der Waals surface area contributed by atoms with Gasteiger partial charge in [-0.05, 0) is 90.7 Å². The maximum atomic E-state index is 12.8. The predicted octanol–water partition coefficient (Wildman–Crippen LogP) is 4.81. The van der Waals surface area contributed by atoms with Gasteiger partial charge in [-0.1, -0.05) is 35.9 Å². The highest BCUT2D eigenvalue weighted by molar-refractivity contribution is 5.87. The Kier molecular flexibility index (Phi) is 8.40. The monoisotopic (exact) mass is 497 g/mol. The Balaban J connectivity index is 1.36. The minimum atomic E-state index is -0.341. The Bertz CT molecular complexity index is 960. The number of rotatable bonds is 11. The molecule has 0 aromatic heterocycles. The van der Waals surface area contributed by atoms with E-state index in [1.54, 1.807) is 7.11 Å². The number of carbonyl (C=O) groups excluding carboxylic acids is 1. The smallest absolute Gasteiger partial charge is 0.331 e. The first-order chi connectivity index (χ1) is 17.2. The van der Waals surface area contributed by atoms with Crippen molar-refractivity contribution in [2.24, 2.45) is 5.92 Å². The summed E-state index contributed by atoms with van der Waals surface area (Å²) in [5.74, 6) is -0.312. The molecule has 1 saturated carbocycles. The van der Waals surface area contributed by atoms with Gasteiger partial charge in [0.2, 0.25) is 0 Å². The number of ether oxygens (including phenoxy) is 4. The lowest BCUT2D eigenvalue weighted by Crippen LogP contribution is -2.55. The molecule has 0 bridgehead atoms. The number of hydrogen-bond donors (Lipinski definition) is 0. The van der Waals surface area contributed by atoms with E-state index in [2.05, 4.69) is 70.1 Å². The molecule has 198 valence electrons. The van der Waals surface area contributed by atoms with Crippen molar-refractivity contribution in [3.05, 3.63) is 53.1 Å². The van der Waals surface area contributed by atoms with E-state index in [4.69, 9.17) is 18.9 Å². The number of allylic oxidation sites excluding steroid dienone is 1. The molecule has 1 aromatic carbocycles. The van der Waals surface area contributed by atoms with Crippen molar-refractivity contribution < 1.29 is 23.7 Å². The van der Waals surface area contributed by atoms with Gasteiger partial charge in [0.15, 0.2) is 0 Å². The molecule has 4 rings (SSSR count). The number of aryl methyl sites for hydroxylation is 1. The van der Waals surface area contributed by atoms with Crippen LogP contribution < -0.4 is 0 Å². The van der Waals surface area contributed by atoms with Gasteiger partial charge in [0.1, 0.15) is 23.4 Å². The van der Waals surface area contributed by atoms with Crippen LogP contribution in [0.3, 0.4) is 0 Å². The summed E-state index contributed by atoms with van der Waals surface area (Å²) in [4.78, 5) is 15.0. The number of nitrogens with zero attached hydrogens (tertiary/aromatic N) is 1. The van der Waals surface area contributed by atoms with E-state index in [0.29, 0.717) is 0 Å². The number of hydrogen-bond acceptors (Lipinski definition) is 6. The molecule has 1 spiro atoms. The first-order valence-corrected chi connectivity index (χ1v) is 13.3. The second-order valence-electron chi connectivity index (χ2n) is 11.3. The van der Waals surface area contributed by atoms with Crippen LogP contribution in [0.15, 0.2) is 42.0 Å². The molecule has 1 aromatic rings. The van der Waals surface area contributed by atoms with Crippen LogP contribution in [0, 0.1) is 5.92 Å². The average Bonchev–Trinajstić information content (AvgIpc) is 3.75. The molecule has 0 N–H and O–H groups in total. The molecule has 0 radical (unpaired) electrons. The van der Waals surface area contributed by atoms with E-state index in [1.807, 2.05) is 6.08 Å². The normalized spacial score (nSPS) is 33.2. The second-order valence-corrected chi connectivity index (χ2v) is 11.3. The first-order valence-electron chi connectivity index (χ1n) is 13.3. The van der Waals surface area contributed by atoms with Crippen molar-refractivity contribution in [3.8, 4) is 0 Å². The topological polar surface area (TPSA) is 63.8 Å². The Morgan fingerprint density at radius 2 is 1.94 bits per heavy atom. The summed E-state index contributed by atoms with van der Waals surface area (Å²) < 4.78 is 24.2. The van der Waals surface area contributed by atoms with Gasteiger partial charge in [0.25, 0.3) is 0 Å².